The van der Waals surface area contributed by atoms with Crippen molar-refractivity contribution in [1.29, 1.82) is 0 Å². The van der Waals surface area contributed by atoms with E-state index in [1.165, 1.54) is 6.92 Å². The molecule has 0 aliphatic carbocycles. The molecular formula is C17H17FN2O4. The highest BCUT2D eigenvalue weighted by Gasteiger charge is 2.18. The van der Waals surface area contributed by atoms with Gasteiger partial charge in [-0.25, -0.2) is 4.39 Å². The average molecular weight is 332 g/mol. The van der Waals surface area contributed by atoms with E-state index >= 15 is 0 Å². The fraction of sp³-hybridized carbons (Fsp3) is 0.235. The van der Waals surface area contributed by atoms with Crippen molar-refractivity contribution >= 4 is 17.3 Å². The summed E-state index contributed by atoms with van der Waals surface area (Å²) in [6.07, 6.45) is -0.898. The smallest absolute Gasteiger partial charge is 0.271 e. The predicted molar refractivity (Wildman–Crippen MR) is 87.7 cm³/mol. The van der Waals surface area contributed by atoms with E-state index < -0.39 is 22.8 Å². The molecule has 7 heteroatoms. The standard InChI is InChI=1S/C17H17FN2O4/c1-10-6-11(2)8-14(7-10)24-12(3)17(21)19-16-9-13(20(22)23)4-5-15(16)18/h4-9,12H,1-3H3,(H,19,21). The molecule has 1 unspecified atom stereocenters. The van der Waals surface area contributed by atoms with Gasteiger partial charge >= 0.3 is 0 Å². The van der Waals surface area contributed by atoms with Crippen LogP contribution in [0.5, 0.6) is 5.75 Å². The van der Waals surface area contributed by atoms with Crippen LogP contribution in [0, 0.1) is 29.8 Å². The van der Waals surface area contributed by atoms with Gasteiger partial charge in [0.25, 0.3) is 11.6 Å². The first-order chi connectivity index (χ1) is 11.3. The zero-order valence-corrected chi connectivity index (χ0v) is 13.5. The normalized spacial score (nSPS) is 11.7. The number of rotatable bonds is 5. The molecule has 0 saturated carbocycles. The van der Waals surface area contributed by atoms with Crippen LogP contribution >= 0.6 is 0 Å². The van der Waals surface area contributed by atoms with E-state index in [0.29, 0.717) is 5.75 Å². The molecule has 0 bridgehead atoms. The number of ether oxygens (including phenoxy) is 1. The molecule has 126 valence electrons. The number of nitro benzene ring substituents is 1. The zero-order valence-electron chi connectivity index (χ0n) is 13.5. The molecule has 6 nitrogen and oxygen atoms in total. The van der Waals surface area contributed by atoms with E-state index in [0.717, 1.165) is 29.3 Å². The maximum atomic E-state index is 13.7. The molecule has 0 aromatic heterocycles. The molecule has 2 rings (SSSR count). The Labute approximate surface area is 138 Å². The molecule has 2 aromatic carbocycles. The first-order valence-corrected chi connectivity index (χ1v) is 7.26. The van der Waals surface area contributed by atoms with Gasteiger partial charge in [-0.1, -0.05) is 6.07 Å². The summed E-state index contributed by atoms with van der Waals surface area (Å²) in [6.45, 7) is 5.33. The molecule has 24 heavy (non-hydrogen) atoms. The van der Waals surface area contributed by atoms with Gasteiger partial charge in [0.15, 0.2) is 6.10 Å². The Morgan fingerprint density at radius 2 is 1.83 bits per heavy atom. The molecule has 0 fully saturated rings. The van der Waals surface area contributed by atoms with Crippen LogP contribution in [0.1, 0.15) is 18.1 Å². The molecule has 0 aliphatic rings. The number of amides is 1. The van der Waals surface area contributed by atoms with E-state index in [-0.39, 0.29) is 11.4 Å². The van der Waals surface area contributed by atoms with Crippen molar-refractivity contribution in [3.05, 3.63) is 63.5 Å². The van der Waals surface area contributed by atoms with Gasteiger partial charge in [0.2, 0.25) is 0 Å². The highest BCUT2D eigenvalue weighted by Crippen LogP contribution is 2.22. The number of carbonyl (C=O) groups is 1. The molecule has 1 amide bonds. The quantitative estimate of drug-likeness (QED) is 0.668. The van der Waals surface area contributed by atoms with Crippen LogP contribution in [0.25, 0.3) is 0 Å². The Balaban J connectivity index is 2.11. The zero-order chi connectivity index (χ0) is 17.9. The lowest BCUT2D eigenvalue weighted by molar-refractivity contribution is -0.384. The van der Waals surface area contributed by atoms with Crippen molar-refractivity contribution in [3.8, 4) is 5.75 Å². The van der Waals surface area contributed by atoms with Gasteiger partial charge in [0, 0.05) is 12.1 Å². The van der Waals surface area contributed by atoms with Gasteiger partial charge in [-0.2, -0.15) is 0 Å². The number of nitrogens with zero attached hydrogens (tertiary/aromatic N) is 1. The molecular weight excluding hydrogens is 315 g/mol. The van der Waals surface area contributed by atoms with Crippen molar-refractivity contribution in [2.24, 2.45) is 0 Å². The maximum absolute atomic E-state index is 13.7. The van der Waals surface area contributed by atoms with Crippen LogP contribution in [-0.2, 0) is 4.79 Å². The average Bonchev–Trinajstić information content (AvgIpc) is 2.48. The Kier molecular flexibility index (Phi) is 5.13. The third-order valence-electron chi connectivity index (χ3n) is 3.30. The second-order valence-electron chi connectivity index (χ2n) is 5.49. The summed E-state index contributed by atoms with van der Waals surface area (Å²) >= 11 is 0. The summed E-state index contributed by atoms with van der Waals surface area (Å²) in [6, 6.07) is 8.46. The fourth-order valence-electron chi connectivity index (χ4n) is 2.22. The second kappa shape index (κ2) is 7.08. The van der Waals surface area contributed by atoms with E-state index in [1.807, 2.05) is 19.9 Å². The van der Waals surface area contributed by atoms with E-state index in [9.17, 15) is 19.3 Å². The molecule has 0 saturated heterocycles. The van der Waals surface area contributed by atoms with Crippen molar-refractivity contribution in [3.63, 3.8) is 0 Å². The summed E-state index contributed by atoms with van der Waals surface area (Å²) in [4.78, 5) is 22.2. The van der Waals surface area contributed by atoms with Crippen LogP contribution in [0.2, 0.25) is 0 Å². The Morgan fingerprint density at radius 1 is 1.21 bits per heavy atom. The number of hydrogen-bond donors (Lipinski definition) is 1. The van der Waals surface area contributed by atoms with Gasteiger partial charge in [0.1, 0.15) is 11.6 Å². The predicted octanol–water partition coefficient (Wildman–Crippen LogP) is 3.76. The van der Waals surface area contributed by atoms with Crippen LogP contribution in [0.15, 0.2) is 36.4 Å². The van der Waals surface area contributed by atoms with Crippen molar-refractivity contribution < 1.29 is 18.8 Å². The monoisotopic (exact) mass is 332 g/mol. The lowest BCUT2D eigenvalue weighted by atomic mass is 10.1. The highest BCUT2D eigenvalue weighted by atomic mass is 19.1. The number of benzene rings is 2. The topological polar surface area (TPSA) is 81.5 Å². The second-order valence-corrected chi connectivity index (χ2v) is 5.49. The first-order valence-electron chi connectivity index (χ1n) is 7.26. The molecule has 0 spiro atoms. The first kappa shape index (κ1) is 17.4. The minimum atomic E-state index is -0.898. The number of carbonyl (C=O) groups excluding carboxylic acids is 1. The largest absolute Gasteiger partial charge is 0.481 e. The molecule has 1 atom stereocenters. The van der Waals surface area contributed by atoms with Gasteiger partial charge in [-0.3, -0.25) is 14.9 Å². The lowest BCUT2D eigenvalue weighted by Crippen LogP contribution is -2.30. The van der Waals surface area contributed by atoms with Gasteiger partial charge in [0.05, 0.1) is 10.6 Å². The summed E-state index contributed by atoms with van der Waals surface area (Å²) in [7, 11) is 0. The van der Waals surface area contributed by atoms with Gasteiger partial charge in [-0.15, -0.1) is 0 Å². The molecule has 2 aromatic rings. The number of anilines is 1. The van der Waals surface area contributed by atoms with Gasteiger partial charge < -0.3 is 10.1 Å². The fourth-order valence-corrected chi connectivity index (χ4v) is 2.22. The number of nitro groups is 1. The Bertz CT molecular complexity index is 772. The Hall–Kier alpha value is -2.96. The van der Waals surface area contributed by atoms with Gasteiger partial charge in [-0.05, 0) is 50.1 Å². The number of halogens is 1. The van der Waals surface area contributed by atoms with Crippen molar-refractivity contribution in [1.82, 2.24) is 0 Å². The van der Waals surface area contributed by atoms with Crippen molar-refractivity contribution in [2.75, 3.05) is 5.32 Å². The SMILES string of the molecule is Cc1cc(C)cc(OC(C)C(=O)Nc2cc([N+](=O)[O-])ccc2F)c1. The van der Waals surface area contributed by atoms with E-state index in [4.69, 9.17) is 4.74 Å². The van der Waals surface area contributed by atoms with Crippen LogP contribution < -0.4 is 10.1 Å². The minimum Gasteiger partial charge on any atom is -0.481 e. The molecule has 1 N–H and O–H groups in total. The van der Waals surface area contributed by atoms with Crippen LogP contribution in [-0.4, -0.2) is 16.9 Å². The lowest BCUT2D eigenvalue weighted by Gasteiger charge is -2.16. The summed E-state index contributed by atoms with van der Waals surface area (Å²) in [5.74, 6) is -0.837. The maximum Gasteiger partial charge on any atom is 0.271 e. The number of non-ortho nitro benzene ring substituents is 1. The number of nitrogens with one attached hydrogen (secondary N) is 1. The minimum absolute atomic E-state index is 0.259. The van der Waals surface area contributed by atoms with Crippen LogP contribution in [0.4, 0.5) is 15.8 Å². The number of hydrogen-bond acceptors (Lipinski definition) is 4. The van der Waals surface area contributed by atoms with Crippen LogP contribution in [0.3, 0.4) is 0 Å². The molecule has 0 heterocycles. The Morgan fingerprint density at radius 3 is 2.42 bits per heavy atom. The molecule has 0 aliphatic heterocycles. The summed E-state index contributed by atoms with van der Waals surface area (Å²) in [5, 5.41) is 13.0. The third-order valence-corrected chi connectivity index (χ3v) is 3.30. The van der Waals surface area contributed by atoms with E-state index in [1.54, 1.807) is 12.1 Å². The summed E-state index contributed by atoms with van der Waals surface area (Å²) in [5.41, 5.74) is 1.41. The van der Waals surface area contributed by atoms with E-state index in [2.05, 4.69) is 5.32 Å². The molecule has 0 radical (unpaired) electrons. The third kappa shape index (κ3) is 4.28. The van der Waals surface area contributed by atoms with Crippen molar-refractivity contribution in [2.45, 2.75) is 26.9 Å². The highest BCUT2D eigenvalue weighted by molar-refractivity contribution is 5.94. The summed E-state index contributed by atoms with van der Waals surface area (Å²) < 4.78 is 19.3. The number of aryl methyl sites for hydroxylation is 2.